The molecule has 0 saturated heterocycles. The van der Waals surface area contributed by atoms with Crippen LogP contribution in [-0.4, -0.2) is 9.38 Å². The SMILES string of the molecule is Cc1nc2c(OCc3ccccc3-c3ccccc3)cccn2c1Cl. The predicted octanol–water partition coefficient (Wildman–Crippen LogP) is 5.54. The van der Waals surface area contributed by atoms with Gasteiger partial charge in [0.2, 0.25) is 0 Å². The fraction of sp³-hybridized carbons (Fsp3) is 0.0952. The van der Waals surface area contributed by atoms with Crippen LogP contribution < -0.4 is 4.74 Å². The molecule has 0 unspecified atom stereocenters. The van der Waals surface area contributed by atoms with E-state index < -0.39 is 0 Å². The lowest BCUT2D eigenvalue weighted by atomic mass is 10.0. The van der Waals surface area contributed by atoms with Crippen molar-refractivity contribution >= 4 is 17.2 Å². The number of rotatable bonds is 4. The molecule has 4 rings (SSSR count). The summed E-state index contributed by atoms with van der Waals surface area (Å²) in [6.07, 6.45) is 1.89. The molecule has 0 aliphatic carbocycles. The maximum absolute atomic E-state index is 6.28. The average Bonchev–Trinajstić information content (AvgIpc) is 2.96. The van der Waals surface area contributed by atoms with Crippen LogP contribution in [0.5, 0.6) is 5.75 Å². The number of pyridine rings is 1. The molecule has 2 heterocycles. The van der Waals surface area contributed by atoms with Crippen LogP contribution in [0.4, 0.5) is 0 Å². The Morgan fingerprint density at radius 3 is 2.56 bits per heavy atom. The second kappa shape index (κ2) is 6.61. The molecule has 4 heteroatoms. The molecule has 0 saturated carbocycles. The highest BCUT2D eigenvalue weighted by Gasteiger charge is 2.11. The Bertz CT molecular complexity index is 1020. The van der Waals surface area contributed by atoms with Crippen molar-refractivity contribution in [3.05, 3.63) is 89.3 Å². The summed E-state index contributed by atoms with van der Waals surface area (Å²) in [6, 6.07) is 22.4. The number of ether oxygens (including phenoxy) is 1. The van der Waals surface area contributed by atoms with Crippen LogP contribution in [0, 0.1) is 6.92 Å². The number of aromatic nitrogens is 2. The Morgan fingerprint density at radius 1 is 0.960 bits per heavy atom. The van der Waals surface area contributed by atoms with Gasteiger partial charge in [-0.3, -0.25) is 4.40 Å². The third-order valence-corrected chi connectivity index (χ3v) is 4.66. The van der Waals surface area contributed by atoms with Gasteiger partial charge in [0.1, 0.15) is 11.8 Å². The maximum atomic E-state index is 6.28. The van der Waals surface area contributed by atoms with Gasteiger partial charge >= 0.3 is 0 Å². The van der Waals surface area contributed by atoms with Crippen LogP contribution in [0.3, 0.4) is 0 Å². The van der Waals surface area contributed by atoms with Crippen molar-refractivity contribution in [3.63, 3.8) is 0 Å². The van der Waals surface area contributed by atoms with E-state index in [0.717, 1.165) is 22.7 Å². The number of halogens is 1. The van der Waals surface area contributed by atoms with Crippen LogP contribution in [0.15, 0.2) is 72.9 Å². The number of hydrogen-bond acceptors (Lipinski definition) is 2. The van der Waals surface area contributed by atoms with E-state index in [1.54, 1.807) is 0 Å². The zero-order valence-electron chi connectivity index (χ0n) is 13.8. The number of imidazole rings is 1. The predicted molar refractivity (Wildman–Crippen MR) is 101 cm³/mol. The summed E-state index contributed by atoms with van der Waals surface area (Å²) in [4.78, 5) is 4.51. The van der Waals surface area contributed by atoms with Crippen LogP contribution >= 0.6 is 11.6 Å². The molecule has 25 heavy (non-hydrogen) atoms. The van der Waals surface area contributed by atoms with Gasteiger partial charge in [0, 0.05) is 6.20 Å². The minimum Gasteiger partial charge on any atom is -0.485 e. The largest absolute Gasteiger partial charge is 0.485 e. The van der Waals surface area contributed by atoms with Gasteiger partial charge in [-0.15, -0.1) is 0 Å². The average molecular weight is 349 g/mol. The van der Waals surface area contributed by atoms with Crippen molar-refractivity contribution in [3.8, 4) is 16.9 Å². The quantitative estimate of drug-likeness (QED) is 0.484. The van der Waals surface area contributed by atoms with E-state index in [2.05, 4.69) is 29.2 Å². The molecule has 0 radical (unpaired) electrons. The van der Waals surface area contributed by atoms with Crippen molar-refractivity contribution < 1.29 is 4.74 Å². The normalized spacial score (nSPS) is 11.0. The van der Waals surface area contributed by atoms with Crippen molar-refractivity contribution in [1.29, 1.82) is 0 Å². The topological polar surface area (TPSA) is 26.5 Å². The molecule has 0 aliphatic heterocycles. The van der Waals surface area contributed by atoms with E-state index in [0.29, 0.717) is 11.8 Å². The standard InChI is InChI=1S/C21H17ClN2O/c1-15-20(22)24-13-7-12-19(21(24)23-15)25-14-17-10-5-6-11-18(17)16-8-3-2-4-9-16/h2-13H,14H2,1H3. The van der Waals surface area contributed by atoms with Crippen molar-refractivity contribution in [2.45, 2.75) is 13.5 Å². The number of aryl methyl sites for hydroxylation is 1. The van der Waals surface area contributed by atoms with Crippen LogP contribution in [-0.2, 0) is 6.61 Å². The minimum atomic E-state index is 0.467. The van der Waals surface area contributed by atoms with Gasteiger partial charge in [0.15, 0.2) is 11.4 Å². The lowest BCUT2D eigenvalue weighted by Crippen LogP contribution is -1.99. The molecular formula is C21H17ClN2O. The molecule has 3 nitrogen and oxygen atoms in total. The van der Waals surface area contributed by atoms with Gasteiger partial charge < -0.3 is 4.74 Å². The molecule has 0 bridgehead atoms. The molecule has 0 amide bonds. The fourth-order valence-electron chi connectivity index (χ4n) is 2.94. The van der Waals surface area contributed by atoms with Crippen LogP contribution in [0.1, 0.15) is 11.3 Å². The van der Waals surface area contributed by atoms with E-state index in [-0.39, 0.29) is 0 Å². The smallest absolute Gasteiger partial charge is 0.181 e. The van der Waals surface area contributed by atoms with E-state index in [9.17, 15) is 0 Å². The second-order valence-electron chi connectivity index (χ2n) is 5.87. The Morgan fingerprint density at radius 2 is 1.72 bits per heavy atom. The number of nitrogens with zero attached hydrogens (tertiary/aromatic N) is 2. The molecule has 0 N–H and O–H groups in total. The van der Waals surface area contributed by atoms with Crippen LogP contribution in [0.25, 0.3) is 16.8 Å². The Labute approximate surface area is 151 Å². The first-order chi connectivity index (χ1) is 12.2. The molecule has 4 aromatic rings. The van der Waals surface area contributed by atoms with Gasteiger partial charge in [0.05, 0.1) is 5.69 Å². The number of fused-ring (bicyclic) bond motifs is 1. The lowest BCUT2D eigenvalue weighted by Gasteiger charge is -2.12. The fourth-order valence-corrected chi connectivity index (χ4v) is 3.12. The van der Waals surface area contributed by atoms with Crippen molar-refractivity contribution in [1.82, 2.24) is 9.38 Å². The molecule has 0 fully saturated rings. The third-order valence-electron chi connectivity index (χ3n) is 4.20. The summed E-state index contributed by atoms with van der Waals surface area (Å²) in [7, 11) is 0. The summed E-state index contributed by atoms with van der Waals surface area (Å²) in [6.45, 7) is 2.36. The minimum absolute atomic E-state index is 0.467. The third kappa shape index (κ3) is 2.99. The van der Waals surface area contributed by atoms with Gasteiger partial charge in [-0.1, -0.05) is 66.2 Å². The zero-order valence-corrected chi connectivity index (χ0v) is 14.6. The maximum Gasteiger partial charge on any atom is 0.181 e. The summed E-state index contributed by atoms with van der Waals surface area (Å²) in [5.41, 5.74) is 5.02. The monoisotopic (exact) mass is 348 g/mol. The molecule has 124 valence electrons. The van der Waals surface area contributed by atoms with Crippen LogP contribution in [0.2, 0.25) is 5.15 Å². The van der Waals surface area contributed by atoms with E-state index in [1.165, 1.54) is 11.1 Å². The van der Waals surface area contributed by atoms with Crippen molar-refractivity contribution in [2.24, 2.45) is 0 Å². The molecule has 2 aromatic heterocycles. The first-order valence-electron chi connectivity index (χ1n) is 8.13. The van der Waals surface area contributed by atoms with E-state index in [1.807, 2.05) is 60.0 Å². The van der Waals surface area contributed by atoms with Gasteiger partial charge in [-0.05, 0) is 35.7 Å². The zero-order chi connectivity index (χ0) is 17.2. The summed E-state index contributed by atoms with van der Waals surface area (Å²) in [5.74, 6) is 0.723. The van der Waals surface area contributed by atoms with Gasteiger partial charge in [0.25, 0.3) is 0 Å². The van der Waals surface area contributed by atoms with Crippen molar-refractivity contribution in [2.75, 3.05) is 0 Å². The Kier molecular flexibility index (Phi) is 4.16. The molecule has 0 atom stereocenters. The molecule has 0 spiro atoms. The first-order valence-corrected chi connectivity index (χ1v) is 8.51. The Balaban J connectivity index is 1.66. The lowest BCUT2D eigenvalue weighted by molar-refractivity contribution is 0.308. The number of benzene rings is 2. The summed E-state index contributed by atoms with van der Waals surface area (Å²) >= 11 is 6.28. The highest BCUT2D eigenvalue weighted by molar-refractivity contribution is 6.30. The van der Waals surface area contributed by atoms with Gasteiger partial charge in [-0.2, -0.15) is 0 Å². The molecular weight excluding hydrogens is 332 g/mol. The first kappa shape index (κ1) is 15.7. The summed E-state index contributed by atoms with van der Waals surface area (Å²) < 4.78 is 7.94. The van der Waals surface area contributed by atoms with Gasteiger partial charge in [-0.25, -0.2) is 4.98 Å². The molecule has 2 aromatic carbocycles. The second-order valence-corrected chi connectivity index (χ2v) is 6.22. The highest BCUT2D eigenvalue weighted by atomic mass is 35.5. The Hall–Kier alpha value is -2.78. The van der Waals surface area contributed by atoms with E-state index >= 15 is 0 Å². The van der Waals surface area contributed by atoms with E-state index in [4.69, 9.17) is 16.3 Å². The summed E-state index contributed by atoms with van der Waals surface area (Å²) in [5, 5.41) is 0.616. The number of hydrogen-bond donors (Lipinski definition) is 0. The highest BCUT2D eigenvalue weighted by Crippen LogP contribution is 2.28. The molecule has 0 aliphatic rings.